The fourth-order valence-electron chi connectivity index (χ4n) is 3.84. The third-order valence-electron chi connectivity index (χ3n) is 4.97. The predicted molar refractivity (Wildman–Crippen MR) is 102 cm³/mol. The molecule has 0 atom stereocenters. The second kappa shape index (κ2) is 7.08. The van der Waals surface area contributed by atoms with Crippen LogP contribution >= 0.6 is 11.3 Å². The third-order valence-corrected chi connectivity index (χ3v) is 5.93. The molecular weight excluding hydrogens is 346 g/mol. The quantitative estimate of drug-likeness (QED) is 0.721. The topological polar surface area (TPSA) is 46.6 Å². The normalized spacial score (nSPS) is 19.6. The predicted octanol–water partition coefficient (Wildman–Crippen LogP) is 4.89. The molecule has 1 aromatic carbocycles. The first kappa shape index (κ1) is 17.0. The number of amides is 1. The van der Waals surface area contributed by atoms with Crippen LogP contribution in [0.5, 0.6) is 0 Å². The largest absolute Gasteiger partial charge is 0.449 e. The molecule has 0 spiro atoms. The van der Waals surface area contributed by atoms with Crippen molar-refractivity contribution >= 4 is 28.8 Å². The molecule has 1 aliphatic heterocycles. The number of Topliss-reactive ketones (excluding diaryl/α,β-unsaturated/α-hetero) is 1. The highest BCUT2D eigenvalue weighted by Crippen LogP contribution is 2.41. The summed E-state index contributed by atoms with van der Waals surface area (Å²) in [5.41, 5.74) is 5.05. The molecule has 26 heavy (non-hydrogen) atoms. The van der Waals surface area contributed by atoms with Gasteiger partial charge in [0.15, 0.2) is 5.78 Å². The van der Waals surface area contributed by atoms with Crippen molar-refractivity contribution in [1.29, 1.82) is 0 Å². The number of ether oxygens (including phenoxy) is 1. The Morgan fingerprint density at radius 1 is 1.19 bits per heavy atom. The van der Waals surface area contributed by atoms with E-state index in [4.69, 9.17) is 4.74 Å². The molecule has 1 fully saturated rings. The minimum absolute atomic E-state index is 0.150. The molecule has 0 saturated carbocycles. The first-order valence-corrected chi connectivity index (χ1v) is 9.95. The maximum Gasteiger partial charge on any atom is 0.414 e. The number of carbonyl (C=O) groups excluding carboxylic acids is 2. The summed E-state index contributed by atoms with van der Waals surface area (Å²) in [5, 5.41) is 1.97. The van der Waals surface area contributed by atoms with E-state index in [1.165, 1.54) is 11.3 Å². The van der Waals surface area contributed by atoms with Crippen LogP contribution < -0.4 is 0 Å². The first-order chi connectivity index (χ1) is 12.7. The second-order valence-electron chi connectivity index (χ2n) is 6.55. The van der Waals surface area contributed by atoms with Crippen LogP contribution in [-0.4, -0.2) is 29.9 Å². The molecule has 2 aromatic rings. The Hall–Kier alpha value is -2.40. The number of hydrogen-bond acceptors (Lipinski definition) is 4. The van der Waals surface area contributed by atoms with Crippen LogP contribution in [0.25, 0.3) is 5.57 Å². The number of hydrogen-bond donors (Lipinski definition) is 0. The molecule has 5 heteroatoms. The number of fused-ring (bicyclic) bond motifs is 2. The van der Waals surface area contributed by atoms with Gasteiger partial charge in [0.25, 0.3) is 0 Å². The van der Waals surface area contributed by atoms with Gasteiger partial charge in [-0.15, -0.1) is 11.3 Å². The Labute approximate surface area is 157 Å². The molecule has 2 heterocycles. The summed E-state index contributed by atoms with van der Waals surface area (Å²) in [4.78, 5) is 27.9. The van der Waals surface area contributed by atoms with Crippen LogP contribution in [0.15, 0.2) is 41.4 Å². The summed E-state index contributed by atoms with van der Waals surface area (Å²) in [5.74, 6) is 0.150. The van der Waals surface area contributed by atoms with E-state index in [2.05, 4.69) is 6.07 Å². The van der Waals surface area contributed by atoms with Crippen LogP contribution in [0, 0.1) is 0 Å². The van der Waals surface area contributed by atoms with Crippen molar-refractivity contribution in [2.75, 3.05) is 13.2 Å². The summed E-state index contributed by atoms with van der Waals surface area (Å²) >= 11 is 1.49. The minimum Gasteiger partial charge on any atom is -0.449 e. The van der Waals surface area contributed by atoms with Crippen LogP contribution in [0.1, 0.15) is 52.5 Å². The maximum absolute atomic E-state index is 12.8. The lowest BCUT2D eigenvalue weighted by atomic mass is 9.91. The number of rotatable bonds is 1. The van der Waals surface area contributed by atoms with Crippen molar-refractivity contribution in [3.05, 3.63) is 63.0 Å². The van der Waals surface area contributed by atoms with E-state index in [9.17, 15) is 9.59 Å². The number of thiophene rings is 1. The first-order valence-electron chi connectivity index (χ1n) is 9.07. The second-order valence-corrected chi connectivity index (χ2v) is 7.47. The molecule has 0 radical (unpaired) electrons. The van der Waals surface area contributed by atoms with Gasteiger partial charge >= 0.3 is 6.09 Å². The van der Waals surface area contributed by atoms with Crippen LogP contribution in [-0.2, 0) is 11.2 Å². The number of likely N-dealkylation sites (tertiary alicyclic amines) is 1. The SMILES string of the molecule is CCOC(=O)N1CCCC/C1=C1/c2ccccc2CC(=O)c2sccc21. The Kier molecular flexibility index (Phi) is 4.64. The summed E-state index contributed by atoms with van der Waals surface area (Å²) < 4.78 is 5.30. The van der Waals surface area contributed by atoms with E-state index in [1.54, 1.807) is 4.90 Å². The molecule has 134 valence electrons. The van der Waals surface area contributed by atoms with Crippen molar-refractivity contribution < 1.29 is 14.3 Å². The van der Waals surface area contributed by atoms with Gasteiger partial charge in [0.2, 0.25) is 0 Å². The van der Waals surface area contributed by atoms with E-state index in [-0.39, 0.29) is 11.9 Å². The number of ketones is 1. The van der Waals surface area contributed by atoms with Gasteiger partial charge in [0, 0.05) is 29.8 Å². The van der Waals surface area contributed by atoms with Crippen molar-refractivity contribution in [3.63, 3.8) is 0 Å². The van der Waals surface area contributed by atoms with Gasteiger partial charge in [-0.05, 0) is 48.8 Å². The van der Waals surface area contributed by atoms with Crippen molar-refractivity contribution in [3.8, 4) is 0 Å². The number of benzene rings is 1. The average Bonchev–Trinajstić information content (AvgIpc) is 3.09. The van der Waals surface area contributed by atoms with Gasteiger partial charge < -0.3 is 4.74 Å². The van der Waals surface area contributed by atoms with Gasteiger partial charge in [0.1, 0.15) is 0 Å². The molecular formula is C21H21NO3S. The van der Waals surface area contributed by atoms with Gasteiger partial charge in [-0.25, -0.2) is 4.79 Å². The van der Waals surface area contributed by atoms with Crippen LogP contribution in [0.4, 0.5) is 4.79 Å². The molecule has 4 nitrogen and oxygen atoms in total. The minimum atomic E-state index is -0.292. The number of allylic oxidation sites excluding steroid dienone is 1. The maximum atomic E-state index is 12.8. The molecule has 4 rings (SSSR count). The smallest absolute Gasteiger partial charge is 0.414 e. The highest BCUT2D eigenvalue weighted by molar-refractivity contribution is 7.12. The third kappa shape index (κ3) is 2.86. The lowest BCUT2D eigenvalue weighted by Gasteiger charge is -2.31. The fraction of sp³-hybridized carbons (Fsp3) is 0.333. The van der Waals surface area contributed by atoms with E-state index in [0.29, 0.717) is 19.6 Å². The molecule has 1 saturated heterocycles. The van der Waals surface area contributed by atoms with E-state index < -0.39 is 0 Å². The Morgan fingerprint density at radius 3 is 2.88 bits per heavy atom. The number of carbonyl (C=O) groups is 2. The van der Waals surface area contributed by atoms with Crippen molar-refractivity contribution in [2.45, 2.75) is 32.6 Å². The fourth-order valence-corrected chi connectivity index (χ4v) is 4.69. The standard InChI is InChI=1S/C21H21NO3S/c1-2-25-21(24)22-11-6-5-9-17(22)19-15-8-4-3-7-14(15)13-18(23)20-16(19)10-12-26-20/h3-4,7-8,10,12H,2,5-6,9,11,13H2,1H3/b19-17+. The Balaban J connectivity index is 1.97. The summed E-state index contributed by atoms with van der Waals surface area (Å²) in [6.07, 6.45) is 2.92. The Morgan fingerprint density at radius 2 is 2.04 bits per heavy atom. The zero-order valence-corrected chi connectivity index (χ0v) is 15.6. The summed E-state index contributed by atoms with van der Waals surface area (Å²) in [6, 6.07) is 10.1. The van der Waals surface area contributed by atoms with Crippen molar-refractivity contribution in [1.82, 2.24) is 4.90 Å². The number of piperidine rings is 1. The van der Waals surface area contributed by atoms with Gasteiger partial charge in [-0.2, -0.15) is 0 Å². The highest BCUT2D eigenvalue weighted by Gasteiger charge is 2.31. The monoisotopic (exact) mass is 367 g/mol. The molecule has 0 unspecified atom stereocenters. The zero-order valence-electron chi connectivity index (χ0n) is 14.8. The van der Waals surface area contributed by atoms with E-state index >= 15 is 0 Å². The zero-order chi connectivity index (χ0) is 18.1. The molecule has 1 amide bonds. The Bertz CT molecular complexity index is 896. The molecule has 0 N–H and O–H groups in total. The lowest BCUT2D eigenvalue weighted by Crippen LogP contribution is -2.35. The summed E-state index contributed by atoms with van der Waals surface area (Å²) in [6.45, 7) is 2.84. The highest BCUT2D eigenvalue weighted by atomic mass is 32.1. The molecule has 2 aliphatic rings. The van der Waals surface area contributed by atoms with E-state index in [1.807, 2.05) is 36.6 Å². The average molecular weight is 367 g/mol. The molecule has 0 bridgehead atoms. The van der Waals surface area contributed by atoms with Gasteiger partial charge in [0.05, 0.1) is 11.5 Å². The summed E-state index contributed by atoms with van der Waals surface area (Å²) in [7, 11) is 0. The number of nitrogens with zero attached hydrogens (tertiary/aromatic N) is 1. The lowest BCUT2D eigenvalue weighted by molar-refractivity contribution is 0.0997. The van der Waals surface area contributed by atoms with Gasteiger partial charge in [-0.1, -0.05) is 24.3 Å². The van der Waals surface area contributed by atoms with Crippen molar-refractivity contribution in [2.24, 2.45) is 0 Å². The van der Waals surface area contributed by atoms with Crippen LogP contribution in [0.3, 0.4) is 0 Å². The van der Waals surface area contributed by atoms with Crippen LogP contribution in [0.2, 0.25) is 0 Å². The molecule has 1 aromatic heterocycles. The molecule has 1 aliphatic carbocycles. The van der Waals surface area contributed by atoms with E-state index in [0.717, 1.165) is 52.1 Å². The van der Waals surface area contributed by atoms with Gasteiger partial charge in [-0.3, -0.25) is 9.69 Å².